The Bertz CT molecular complexity index is 500. The van der Waals surface area contributed by atoms with Crippen molar-refractivity contribution < 1.29 is 4.74 Å². The first-order chi connectivity index (χ1) is 7.81. The van der Waals surface area contributed by atoms with Gasteiger partial charge in [-0.1, -0.05) is 38.1 Å². The molecule has 16 heavy (non-hydrogen) atoms. The van der Waals surface area contributed by atoms with Gasteiger partial charge in [-0.2, -0.15) is 0 Å². The van der Waals surface area contributed by atoms with Crippen molar-refractivity contribution in [3.8, 4) is 5.75 Å². The SMILES string of the molecule is CCc1cc(OC)c(CC)c2ccccc12. The van der Waals surface area contributed by atoms with E-state index in [1.165, 1.54) is 21.9 Å². The smallest absolute Gasteiger partial charge is 0.122 e. The highest BCUT2D eigenvalue weighted by Crippen LogP contribution is 2.31. The Hall–Kier alpha value is -1.50. The number of rotatable bonds is 3. The molecule has 1 heteroatoms. The minimum absolute atomic E-state index is 1.01. The molecule has 0 saturated heterocycles. The van der Waals surface area contributed by atoms with Crippen LogP contribution in [0.2, 0.25) is 0 Å². The van der Waals surface area contributed by atoms with Crippen LogP contribution >= 0.6 is 0 Å². The molecule has 0 spiro atoms. The highest BCUT2D eigenvalue weighted by Gasteiger charge is 2.09. The minimum atomic E-state index is 1.01. The molecule has 0 aromatic heterocycles. The van der Waals surface area contributed by atoms with E-state index in [9.17, 15) is 0 Å². The Morgan fingerprint density at radius 3 is 2.25 bits per heavy atom. The number of hydrogen-bond donors (Lipinski definition) is 0. The maximum atomic E-state index is 5.49. The van der Waals surface area contributed by atoms with Crippen molar-refractivity contribution in [2.75, 3.05) is 7.11 Å². The van der Waals surface area contributed by atoms with Gasteiger partial charge in [-0.25, -0.2) is 0 Å². The summed E-state index contributed by atoms with van der Waals surface area (Å²) in [5, 5.41) is 2.70. The number of ether oxygens (including phenoxy) is 1. The van der Waals surface area contributed by atoms with Gasteiger partial charge in [0.05, 0.1) is 7.11 Å². The van der Waals surface area contributed by atoms with E-state index in [0.29, 0.717) is 0 Å². The molecular weight excluding hydrogens is 196 g/mol. The zero-order chi connectivity index (χ0) is 11.5. The average molecular weight is 214 g/mol. The lowest BCUT2D eigenvalue weighted by Crippen LogP contribution is -1.95. The van der Waals surface area contributed by atoms with Crippen LogP contribution in [0.25, 0.3) is 10.8 Å². The Morgan fingerprint density at radius 2 is 1.69 bits per heavy atom. The molecule has 84 valence electrons. The molecule has 0 saturated carbocycles. The van der Waals surface area contributed by atoms with Gasteiger partial charge in [0, 0.05) is 5.56 Å². The summed E-state index contributed by atoms with van der Waals surface area (Å²) in [6.07, 6.45) is 2.05. The molecule has 0 bridgehead atoms. The molecule has 0 aliphatic carbocycles. The zero-order valence-corrected chi connectivity index (χ0v) is 10.2. The highest BCUT2D eigenvalue weighted by atomic mass is 16.5. The Balaban J connectivity index is 2.83. The van der Waals surface area contributed by atoms with Gasteiger partial charge in [-0.3, -0.25) is 0 Å². The van der Waals surface area contributed by atoms with E-state index in [4.69, 9.17) is 4.74 Å². The molecule has 0 aliphatic heterocycles. The Labute approximate surface area is 97.1 Å². The van der Waals surface area contributed by atoms with Gasteiger partial charge in [-0.05, 0) is 35.2 Å². The van der Waals surface area contributed by atoms with Gasteiger partial charge in [0.2, 0.25) is 0 Å². The third kappa shape index (κ3) is 1.67. The lowest BCUT2D eigenvalue weighted by atomic mass is 9.96. The van der Waals surface area contributed by atoms with E-state index in [0.717, 1.165) is 18.6 Å². The molecular formula is C15H18O. The number of methoxy groups -OCH3 is 1. The van der Waals surface area contributed by atoms with Crippen LogP contribution in [0.1, 0.15) is 25.0 Å². The van der Waals surface area contributed by atoms with Crippen molar-refractivity contribution in [3.05, 3.63) is 41.5 Å². The minimum Gasteiger partial charge on any atom is -0.496 e. The van der Waals surface area contributed by atoms with E-state index < -0.39 is 0 Å². The fraction of sp³-hybridized carbons (Fsp3) is 0.333. The number of hydrogen-bond acceptors (Lipinski definition) is 1. The Kier molecular flexibility index (Phi) is 3.14. The summed E-state index contributed by atoms with van der Waals surface area (Å²) in [6.45, 7) is 4.36. The van der Waals surface area contributed by atoms with Crippen LogP contribution < -0.4 is 4.74 Å². The average Bonchev–Trinajstić information content (AvgIpc) is 2.36. The summed E-state index contributed by atoms with van der Waals surface area (Å²) in [5.74, 6) is 1.03. The summed E-state index contributed by atoms with van der Waals surface area (Å²) >= 11 is 0. The van der Waals surface area contributed by atoms with Crippen molar-refractivity contribution in [3.63, 3.8) is 0 Å². The third-order valence-corrected chi connectivity index (χ3v) is 3.16. The van der Waals surface area contributed by atoms with Gasteiger partial charge in [0.15, 0.2) is 0 Å². The van der Waals surface area contributed by atoms with Crippen LogP contribution in [-0.4, -0.2) is 7.11 Å². The Morgan fingerprint density at radius 1 is 1.00 bits per heavy atom. The molecule has 2 aromatic rings. The molecule has 1 nitrogen and oxygen atoms in total. The predicted molar refractivity (Wildman–Crippen MR) is 69.3 cm³/mol. The number of aryl methyl sites for hydroxylation is 2. The standard InChI is InChI=1S/C15H18O/c1-4-11-10-15(16-3)12(5-2)14-9-7-6-8-13(11)14/h6-10H,4-5H2,1-3H3. The molecule has 0 unspecified atom stereocenters. The summed E-state index contributed by atoms with van der Waals surface area (Å²) in [4.78, 5) is 0. The molecule has 2 aromatic carbocycles. The van der Waals surface area contributed by atoms with Gasteiger partial charge >= 0.3 is 0 Å². The van der Waals surface area contributed by atoms with E-state index in [-0.39, 0.29) is 0 Å². The van der Waals surface area contributed by atoms with Crippen LogP contribution in [0, 0.1) is 0 Å². The van der Waals surface area contributed by atoms with E-state index in [1.54, 1.807) is 7.11 Å². The van der Waals surface area contributed by atoms with Gasteiger partial charge in [0.25, 0.3) is 0 Å². The maximum absolute atomic E-state index is 5.49. The first-order valence-corrected chi connectivity index (χ1v) is 5.89. The second kappa shape index (κ2) is 4.56. The third-order valence-electron chi connectivity index (χ3n) is 3.16. The van der Waals surface area contributed by atoms with Gasteiger partial charge in [0.1, 0.15) is 5.75 Å². The lowest BCUT2D eigenvalue weighted by Gasteiger charge is -2.13. The second-order valence-corrected chi connectivity index (χ2v) is 3.97. The van der Waals surface area contributed by atoms with Crippen LogP contribution in [0.5, 0.6) is 5.75 Å². The van der Waals surface area contributed by atoms with E-state index >= 15 is 0 Å². The van der Waals surface area contributed by atoms with Crippen molar-refractivity contribution in [2.45, 2.75) is 26.7 Å². The van der Waals surface area contributed by atoms with Gasteiger partial charge < -0.3 is 4.74 Å². The van der Waals surface area contributed by atoms with Gasteiger partial charge in [-0.15, -0.1) is 0 Å². The summed E-state index contributed by atoms with van der Waals surface area (Å²) in [5.41, 5.74) is 2.68. The van der Waals surface area contributed by atoms with Crippen LogP contribution in [0.15, 0.2) is 30.3 Å². The van der Waals surface area contributed by atoms with Crippen molar-refractivity contribution in [2.24, 2.45) is 0 Å². The maximum Gasteiger partial charge on any atom is 0.122 e. The summed E-state index contributed by atoms with van der Waals surface area (Å²) < 4.78 is 5.49. The first-order valence-electron chi connectivity index (χ1n) is 5.89. The monoisotopic (exact) mass is 214 g/mol. The number of fused-ring (bicyclic) bond motifs is 1. The van der Waals surface area contributed by atoms with Crippen LogP contribution in [-0.2, 0) is 12.8 Å². The lowest BCUT2D eigenvalue weighted by molar-refractivity contribution is 0.410. The topological polar surface area (TPSA) is 9.23 Å². The van der Waals surface area contributed by atoms with Crippen molar-refractivity contribution in [1.82, 2.24) is 0 Å². The molecule has 0 amide bonds. The van der Waals surface area contributed by atoms with Crippen LogP contribution in [0.3, 0.4) is 0 Å². The predicted octanol–water partition coefficient (Wildman–Crippen LogP) is 3.97. The normalized spacial score (nSPS) is 10.7. The summed E-state index contributed by atoms with van der Waals surface area (Å²) in [7, 11) is 1.75. The van der Waals surface area contributed by atoms with Crippen molar-refractivity contribution in [1.29, 1.82) is 0 Å². The first kappa shape index (κ1) is 11.0. The van der Waals surface area contributed by atoms with Crippen molar-refractivity contribution >= 4 is 10.8 Å². The quantitative estimate of drug-likeness (QED) is 0.751. The molecule has 0 radical (unpaired) electrons. The molecule has 0 N–H and O–H groups in total. The highest BCUT2D eigenvalue weighted by molar-refractivity contribution is 5.90. The van der Waals surface area contributed by atoms with Crippen LogP contribution in [0.4, 0.5) is 0 Å². The molecule has 2 rings (SSSR count). The van der Waals surface area contributed by atoms with E-state index in [1.807, 2.05) is 0 Å². The molecule has 0 atom stereocenters. The fourth-order valence-corrected chi connectivity index (χ4v) is 2.32. The number of benzene rings is 2. The molecule has 0 aliphatic rings. The van der Waals surface area contributed by atoms with E-state index in [2.05, 4.69) is 44.2 Å². The molecule has 0 fully saturated rings. The molecule has 0 heterocycles. The summed E-state index contributed by atoms with van der Waals surface area (Å²) in [6, 6.07) is 10.8. The fourth-order valence-electron chi connectivity index (χ4n) is 2.32. The zero-order valence-electron chi connectivity index (χ0n) is 10.2. The second-order valence-electron chi connectivity index (χ2n) is 3.97. The largest absolute Gasteiger partial charge is 0.496 e.